The largest absolute Gasteiger partial charge is 0.466 e. The number of ether oxygens (including phenoxy) is 1. The highest BCUT2D eigenvalue weighted by molar-refractivity contribution is 5.82. The quantitative estimate of drug-likeness (QED) is 0.603. The van der Waals surface area contributed by atoms with E-state index in [0.29, 0.717) is 26.2 Å². The van der Waals surface area contributed by atoms with Crippen molar-refractivity contribution in [2.45, 2.75) is 26.8 Å². The summed E-state index contributed by atoms with van der Waals surface area (Å²) in [6.07, 6.45) is 3.61. The summed E-state index contributed by atoms with van der Waals surface area (Å²) < 4.78 is 4.99. The minimum absolute atomic E-state index is 0.0335. The van der Waals surface area contributed by atoms with Crippen molar-refractivity contribution in [1.82, 2.24) is 9.88 Å². The van der Waals surface area contributed by atoms with Crippen LogP contribution in [0.3, 0.4) is 0 Å². The maximum Gasteiger partial charge on any atom is 0.307 e. The van der Waals surface area contributed by atoms with Crippen molar-refractivity contribution in [2.75, 3.05) is 31.1 Å². The van der Waals surface area contributed by atoms with E-state index in [1.165, 1.54) is 0 Å². The Bertz CT molecular complexity index is 707. The molecule has 0 aliphatic rings. The molecular weight excluding hydrogens is 342 g/mol. The van der Waals surface area contributed by atoms with Crippen LogP contribution in [-0.4, -0.2) is 48.0 Å². The Labute approximate surface area is 160 Å². The van der Waals surface area contributed by atoms with E-state index in [2.05, 4.69) is 4.98 Å². The number of carbonyl (C=O) groups excluding carboxylic acids is 2. The van der Waals surface area contributed by atoms with E-state index in [9.17, 15) is 9.59 Å². The van der Waals surface area contributed by atoms with Gasteiger partial charge in [-0.05, 0) is 37.6 Å². The molecule has 1 amide bonds. The molecule has 1 aromatic carbocycles. The molecule has 0 saturated carbocycles. The Morgan fingerprint density at radius 2 is 1.85 bits per heavy atom. The van der Waals surface area contributed by atoms with Gasteiger partial charge in [0.1, 0.15) is 0 Å². The number of hydrogen-bond acceptors (Lipinski definition) is 5. The fourth-order valence-electron chi connectivity index (χ4n) is 2.75. The Kier molecular flexibility index (Phi) is 8.29. The van der Waals surface area contributed by atoms with E-state index in [4.69, 9.17) is 4.74 Å². The van der Waals surface area contributed by atoms with Crippen LogP contribution in [0, 0.1) is 0 Å². The van der Waals surface area contributed by atoms with Crippen LogP contribution in [0.15, 0.2) is 54.9 Å². The molecule has 6 nitrogen and oxygen atoms in total. The van der Waals surface area contributed by atoms with Crippen molar-refractivity contribution >= 4 is 17.6 Å². The molecule has 0 unspecified atom stereocenters. The Morgan fingerprint density at radius 3 is 2.48 bits per heavy atom. The smallest absolute Gasteiger partial charge is 0.307 e. The lowest BCUT2D eigenvalue weighted by molar-refractivity contribution is -0.144. The van der Waals surface area contributed by atoms with Crippen LogP contribution in [0.2, 0.25) is 0 Å². The number of para-hydroxylation sites is 1. The second-order valence-electron chi connectivity index (χ2n) is 6.08. The van der Waals surface area contributed by atoms with Crippen molar-refractivity contribution in [1.29, 1.82) is 0 Å². The zero-order valence-corrected chi connectivity index (χ0v) is 16.0. The Hall–Kier alpha value is -2.89. The van der Waals surface area contributed by atoms with Gasteiger partial charge in [-0.3, -0.25) is 14.6 Å². The van der Waals surface area contributed by atoms with Gasteiger partial charge in [-0.25, -0.2) is 0 Å². The molecule has 27 heavy (non-hydrogen) atoms. The van der Waals surface area contributed by atoms with Crippen molar-refractivity contribution in [3.8, 4) is 0 Å². The lowest BCUT2D eigenvalue weighted by atomic mass is 10.2. The summed E-state index contributed by atoms with van der Waals surface area (Å²) in [6, 6.07) is 13.6. The van der Waals surface area contributed by atoms with Crippen molar-refractivity contribution in [3.05, 3.63) is 60.4 Å². The molecule has 1 aromatic heterocycles. The molecule has 2 aromatic rings. The second kappa shape index (κ2) is 11.0. The second-order valence-corrected chi connectivity index (χ2v) is 6.08. The number of amides is 1. The number of aromatic nitrogens is 1. The normalized spacial score (nSPS) is 10.3. The topological polar surface area (TPSA) is 62.7 Å². The average Bonchev–Trinajstić information content (AvgIpc) is 2.70. The molecule has 0 bridgehead atoms. The minimum Gasteiger partial charge on any atom is -0.466 e. The number of carbonyl (C=O) groups is 2. The van der Waals surface area contributed by atoms with Crippen molar-refractivity contribution < 1.29 is 14.3 Å². The van der Waals surface area contributed by atoms with Crippen LogP contribution in [0.5, 0.6) is 0 Å². The number of hydrogen-bond donors (Lipinski definition) is 0. The van der Waals surface area contributed by atoms with Crippen LogP contribution < -0.4 is 4.90 Å². The first-order chi connectivity index (χ1) is 13.1. The van der Waals surface area contributed by atoms with Gasteiger partial charge in [-0.1, -0.05) is 24.3 Å². The molecule has 1 heterocycles. The zero-order valence-electron chi connectivity index (χ0n) is 16.0. The van der Waals surface area contributed by atoms with Gasteiger partial charge in [-0.2, -0.15) is 0 Å². The van der Waals surface area contributed by atoms with E-state index in [-0.39, 0.29) is 24.8 Å². The third kappa shape index (κ3) is 6.73. The highest BCUT2D eigenvalue weighted by Crippen LogP contribution is 2.14. The summed E-state index contributed by atoms with van der Waals surface area (Å²) in [5.74, 6) is -0.328. The van der Waals surface area contributed by atoms with Gasteiger partial charge in [0.25, 0.3) is 0 Å². The van der Waals surface area contributed by atoms with Gasteiger partial charge in [0.2, 0.25) is 5.91 Å². The zero-order chi connectivity index (χ0) is 19.5. The fourth-order valence-corrected chi connectivity index (χ4v) is 2.75. The van der Waals surface area contributed by atoms with Gasteiger partial charge in [0, 0.05) is 37.7 Å². The minimum atomic E-state index is -0.295. The summed E-state index contributed by atoms with van der Waals surface area (Å²) >= 11 is 0. The first-order valence-corrected chi connectivity index (χ1v) is 9.26. The van der Waals surface area contributed by atoms with Crippen LogP contribution >= 0.6 is 0 Å². The molecule has 0 N–H and O–H groups in total. The monoisotopic (exact) mass is 369 g/mol. The number of likely N-dealkylation sites (N-methyl/N-ethyl adjacent to an activating group) is 1. The first-order valence-electron chi connectivity index (χ1n) is 9.26. The molecular formula is C21H27N3O3. The number of pyridine rings is 1. The summed E-state index contributed by atoms with van der Waals surface area (Å²) in [5, 5.41) is 0. The number of anilines is 1. The van der Waals surface area contributed by atoms with Gasteiger partial charge in [0.05, 0.1) is 19.6 Å². The SMILES string of the molecule is CCOC(=O)CCN(Cc1cccnc1)C(=O)CN(CC)c1ccccc1. The highest BCUT2D eigenvalue weighted by Gasteiger charge is 2.19. The molecule has 6 heteroatoms. The molecule has 0 aliphatic carbocycles. The van der Waals surface area contributed by atoms with Crippen LogP contribution in [0.1, 0.15) is 25.8 Å². The highest BCUT2D eigenvalue weighted by atomic mass is 16.5. The fraction of sp³-hybridized carbons (Fsp3) is 0.381. The summed E-state index contributed by atoms with van der Waals surface area (Å²) in [4.78, 5) is 32.5. The molecule has 2 rings (SSSR count). The van der Waals surface area contributed by atoms with Gasteiger partial charge < -0.3 is 14.5 Å². The predicted molar refractivity (Wildman–Crippen MR) is 105 cm³/mol. The predicted octanol–water partition coefficient (Wildman–Crippen LogP) is 2.89. The molecule has 0 atom stereocenters. The maximum absolute atomic E-state index is 13.0. The first kappa shape index (κ1) is 20.4. The van der Waals surface area contributed by atoms with Crippen molar-refractivity contribution in [3.63, 3.8) is 0 Å². The van der Waals surface area contributed by atoms with E-state index >= 15 is 0 Å². The molecule has 0 fully saturated rings. The number of nitrogens with zero attached hydrogens (tertiary/aromatic N) is 3. The average molecular weight is 369 g/mol. The lowest BCUT2D eigenvalue weighted by Crippen LogP contribution is -2.41. The number of esters is 1. The lowest BCUT2D eigenvalue weighted by Gasteiger charge is -2.28. The summed E-state index contributed by atoms with van der Waals surface area (Å²) in [5.41, 5.74) is 1.93. The molecule has 144 valence electrons. The molecule has 0 radical (unpaired) electrons. The molecule has 0 saturated heterocycles. The number of benzene rings is 1. The van der Waals surface area contributed by atoms with Crippen LogP contribution in [0.25, 0.3) is 0 Å². The molecule has 0 aliphatic heterocycles. The van der Waals surface area contributed by atoms with E-state index in [1.807, 2.05) is 54.3 Å². The Morgan fingerprint density at radius 1 is 1.07 bits per heavy atom. The van der Waals surface area contributed by atoms with Gasteiger partial charge >= 0.3 is 5.97 Å². The van der Waals surface area contributed by atoms with E-state index in [1.54, 1.807) is 24.2 Å². The summed E-state index contributed by atoms with van der Waals surface area (Å²) in [6.45, 7) is 5.84. The van der Waals surface area contributed by atoms with Crippen molar-refractivity contribution in [2.24, 2.45) is 0 Å². The van der Waals surface area contributed by atoms with E-state index in [0.717, 1.165) is 11.3 Å². The van der Waals surface area contributed by atoms with Crippen LogP contribution in [0.4, 0.5) is 5.69 Å². The van der Waals surface area contributed by atoms with Crippen LogP contribution in [-0.2, 0) is 20.9 Å². The third-order valence-corrected chi connectivity index (χ3v) is 4.17. The number of rotatable bonds is 10. The summed E-state index contributed by atoms with van der Waals surface area (Å²) in [7, 11) is 0. The van der Waals surface area contributed by atoms with Gasteiger partial charge in [0.15, 0.2) is 0 Å². The van der Waals surface area contributed by atoms with Gasteiger partial charge in [-0.15, -0.1) is 0 Å². The maximum atomic E-state index is 13.0. The molecule has 0 spiro atoms. The third-order valence-electron chi connectivity index (χ3n) is 4.17. The standard InChI is InChI=1S/C21H27N3O3/c1-3-23(19-10-6-5-7-11-19)17-20(25)24(14-12-21(26)27-4-2)16-18-9-8-13-22-15-18/h5-11,13,15H,3-4,12,14,16-17H2,1-2H3. The van der Waals surface area contributed by atoms with E-state index < -0.39 is 0 Å². The Balaban J connectivity index is 2.07.